The van der Waals surface area contributed by atoms with Gasteiger partial charge < -0.3 is 10.0 Å². The van der Waals surface area contributed by atoms with Crippen LogP contribution in [0, 0.1) is 0 Å². The van der Waals surface area contributed by atoms with Gasteiger partial charge in [-0.05, 0) is 32.9 Å². The molecule has 0 amide bonds. The Kier molecular flexibility index (Phi) is 5.17. The molecular weight excluding hydrogens is 228 g/mol. The molecule has 1 heterocycles. The third kappa shape index (κ3) is 3.69. The van der Waals surface area contributed by atoms with E-state index in [4.69, 9.17) is 5.11 Å². The molecule has 16 heavy (non-hydrogen) atoms. The van der Waals surface area contributed by atoms with Crippen LogP contribution in [0.3, 0.4) is 0 Å². The molecular formula is C10H22N2O3S. The van der Waals surface area contributed by atoms with Gasteiger partial charge in [0.05, 0.1) is 5.75 Å². The van der Waals surface area contributed by atoms with Crippen molar-refractivity contribution in [1.82, 2.24) is 9.21 Å². The molecule has 1 fully saturated rings. The summed E-state index contributed by atoms with van der Waals surface area (Å²) in [7, 11) is 0.471. The summed E-state index contributed by atoms with van der Waals surface area (Å²) in [5.41, 5.74) is 0. The Morgan fingerprint density at radius 1 is 1.50 bits per heavy atom. The quantitative estimate of drug-likeness (QED) is 0.704. The van der Waals surface area contributed by atoms with Crippen molar-refractivity contribution in [2.24, 2.45) is 0 Å². The highest BCUT2D eigenvalue weighted by Crippen LogP contribution is 2.16. The Morgan fingerprint density at radius 3 is 2.69 bits per heavy atom. The SMILES string of the molecule is CN1CCCC1CN(C)S(=O)(=O)CCCO. The number of sulfonamides is 1. The summed E-state index contributed by atoms with van der Waals surface area (Å²) in [6, 6.07) is 0.342. The van der Waals surface area contributed by atoms with Crippen LogP contribution in [0.1, 0.15) is 19.3 Å². The molecule has 1 saturated heterocycles. The minimum absolute atomic E-state index is 0.0381. The van der Waals surface area contributed by atoms with Crippen LogP contribution >= 0.6 is 0 Å². The smallest absolute Gasteiger partial charge is 0.213 e. The lowest BCUT2D eigenvalue weighted by Crippen LogP contribution is -2.40. The van der Waals surface area contributed by atoms with Gasteiger partial charge in [-0.25, -0.2) is 12.7 Å². The van der Waals surface area contributed by atoms with Gasteiger partial charge in [0.25, 0.3) is 0 Å². The van der Waals surface area contributed by atoms with Gasteiger partial charge in [-0.2, -0.15) is 0 Å². The fraction of sp³-hybridized carbons (Fsp3) is 1.00. The van der Waals surface area contributed by atoms with E-state index >= 15 is 0 Å². The number of hydrogen-bond acceptors (Lipinski definition) is 4. The number of likely N-dealkylation sites (tertiary alicyclic amines) is 1. The summed E-state index contributed by atoms with van der Waals surface area (Å²) in [6.45, 7) is 1.54. The third-order valence-electron chi connectivity index (χ3n) is 3.17. The van der Waals surface area contributed by atoms with Crippen LogP contribution in [0.2, 0.25) is 0 Å². The van der Waals surface area contributed by atoms with Crippen LogP contribution in [0.15, 0.2) is 0 Å². The molecule has 1 rings (SSSR count). The largest absolute Gasteiger partial charge is 0.396 e. The molecule has 1 atom stereocenters. The number of aliphatic hydroxyl groups is 1. The van der Waals surface area contributed by atoms with Crippen LogP contribution in [0.4, 0.5) is 0 Å². The van der Waals surface area contributed by atoms with Gasteiger partial charge in [0.1, 0.15) is 0 Å². The van der Waals surface area contributed by atoms with E-state index in [0.29, 0.717) is 19.0 Å². The summed E-state index contributed by atoms with van der Waals surface area (Å²) in [5.74, 6) is 0.0381. The molecule has 0 aromatic rings. The van der Waals surface area contributed by atoms with Crippen molar-refractivity contribution < 1.29 is 13.5 Å². The molecule has 1 N–H and O–H groups in total. The van der Waals surface area contributed by atoms with Gasteiger partial charge in [-0.3, -0.25) is 0 Å². The van der Waals surface area contributed by atoms with E-state index in [1.165, 1.54) is 4.31 Å². The average Bonchev–Trinajstić information content (AvgIpc) is 2.61. The number of nitrogens with zero attached hydrogens (tertiary/aromatic N) is 2. The monoisotopic (exact) mass is 250 g/mol. The minimum atomic E-state index is -3.19. The van der Waals surface area contributed by atoms with Gasteiger partial charge in [-0.1, -0.05) is 0 Å². The lowest BCUT2D eigenvalue weighted by Gasteiger charge is -2.25. The Bertz CT molecular complexity index is 305. The number of rotatable bonds is 6. The molecule has 6 heteroatoms. The maximum absolute atomic E-state index is 11.8. The predicted molar refractivity (Wildman–Crippen MR) is 63.8 cm³/mol. The summed E-state index contributed by atoms with van der Waals surface area (Å²) >= 11 is 0. The first kappa shape index (κ1) is 13.9. The maximum atomic E-state index is 11.8. The van der Waals surface area contributed by atoms with E-state index in [1.54, 1.807) is 7.05 Å². The van der Waals surface area contributed by atoms with Crippen LogP contribution in [0.25, 0.3) is 0 Å². The van der Waals surface area contributed by atoms with Crippen LogP contribution < -0.4 is 0 Å². The number of likely N-dealkylation sites (N-methyl/N-ethyl adjacent to an activating group) is 2. The molecule has 1 unspecified atom stereocenters. The van der Waals surface area contributed by atoms with E-state index in [1.807, 2.05) is 7.05 Å². The highest BCUT2D eigenvalue weighted by molar-refractivity contribution is 7.89. The van der Waals surface area contributed by atoms with Crippen molar-refractivity contribution in [3.05, 3.63) is 0 Å². The topological polar surface area (TPSA) is 60.9 Å². The molecule has 0 spiro atoms. The van der Waals surface area contributed by atoms with Crippen molar-refractivity contribution >= 4 is 10.0 Å². The molecule has 0 saturated carbocycles. The zero-order chi connectivity index (χ0) is 12.2. The van der Waals surface area contributed by atoms with Crippen molar-refractivity contribution in [3.63, 3.8) is 0 Å². The molecule has 1 aliphatic heterocycles. The van der Waals surface area contributed by atoms with E-state index in [-0.39, 0.29) is 12.4 Å². The van der Waals surface area contributed by atoms with Crippen molar-refractivity contribution in [2.75, 3.05) is 39.5 Å². The summed E-state index contributed by atoms with van der Waals surface area (Å²) in [6.07, 6.45) is 2.52. The molecule has 1 aliphatic rings. The summed E-state index contributed by atoms with van der Waals surface area (Å²) in [4.78, 5) is 2.21. The maximum Gasteiger partial charge on any atom is 0.213 e. The van der Waals surface area contributed by atoms with Gasteiger partial charge in [0, 0.05) is 26.2 Å². The Morgan fingerprint density at radius 2 is 2.19 bits per heavy atom. The molecule has 0 aromatic heterocycles. The van der Waals surface area contributed by atoms with Gasteiger partial charge >= 0.3 is 0 Å². The van der Waals surface area contributed by atoms with Crippen LogP contribution in [0.5, 0.6) is 0 Å². The standard InChI is InChI=1S/C10H22N2O3S/c1-11-6-3-5-10(11)9-12(2)16(14,15)8-4-7-13/h10,13H,3-9H2,1-2H3. The van der Waals surface area contributed by atoms with E-state index < -0.39 is 10.0 Å². The van der Waals surface area contributed by atoms with Gasteiger partial charge in [-0.15, -0.1) is 0 Å². The second-order valence-corrected chi connectivity index (χ2v) is 6.65. The zero-order valence-corrected chi connectivity index (χ0v) is 10.9. The molecule has 0 aliphatic carbocycles. The second kappa shape index (κ2) is 5.95. The van der Waals surface area contributed by atoms with Crippen molar-refractivity contribution in [1.29, 1.82) is 0 Å². The predicted octanol–water partition coefficient (Wildman–Crippen LogP) is -0.275. The zero-order valence-electron chi connectivity index (χ0n) is 10.1. The number of hydrogen-bond donors (Lipinski definition) is 1. The summed E-state index contributed by atoms with van der Waals surface area (Å²) in [5, 5.41) is 8.65. The summed E-state index contributed by atoms with van der Waals surface area (Å²) < 4.78 is 25.0. The van der Waals surface area contributed by atoms with Crippen LogP contribution in [-0.4, -0.2) is 68.3 Å². The van der Waals surface area contributed by atoms with E-state index in [2.05, 4.69) is 4.90 Å². The second-order valence-electron chi connectivity index (χ2n) is 4.45. The minimum Gasteiger partial charge on any atom is -0.396 e. The van der Waals surface area contributed by atoms with Crippen molar-refractivity contribution in [3.8, 4) is 0 Å². The Balaban J connectivity index is 2.47. The molecule has 0 bridgehead atoms. The fourth-order valence-electron chi connectivity index (χ4n) is 2.02. The first-order chi connectivity index (χ1) is 7.47. The first-order valence-corrected chi connectivity index (χ1v) is 7.33. The Hall–Kier alpha value is -0.170. The molecule has 5 nitrogen and oxygen atoms in total. The van der Waals surface area contributed by atoms with Crippen LogP contribution in [-0.2, 0) is 10.0 Å². The first-order valence-electron chi connectivity index (χ1n) is 5.72. The van der Waals surface area contributed by atoms with Gasteiger partial charge in [0.15, 0.2) is 0 Å². The van der Waals surface area contributed by atoms with Gasteiger partial charge in [0.2, 0.25) is 10.0 Å². The molecule has 0 aromatic carbocycles. The van der Waals surface area contributed by atoms with E-state index in [9.17, 15) is 8.42 Å². The van der Waals surface area contributed by atoms with Crippen molar-refractivity contribution in [2.45, 2.75) is 25.3 Å². The highest BCUT2D eigenvalue weighted by atomic mass is 32.2. The fourth-order valence-corrected chi connectivity index (χ4v) is 3.23. The molecule has 96 valence electrons. The third-order valence-corrected chi connectivity index (χ3v) is 5.08. The highest BCUT2D eigenvalue weighted by Gasteiger charge is 2.26. The van der Waals surface area contributed by atoms with E-state index in [0.717, 1.165) is 19.4 Å². The lowest BCUT2D eigenvalue weighted by atomic mass is 10.2. The number of aliphatic hydroxyl groups excluding tert-OH is 1. The normalized spacial score (nSPS) is 23.1. The molecule has 0 radical (unpaired) electrons. The Labute approximate surface area is 98.1 Å². The lowest BCUT2D eigenvalue weighted by molar-refractivity contribution is 0.269. The average molecular weight is 250 g/mol.